The number of benzene rings is 1. The molecule has 0 fully saturated rings. The van der Waals surface area contributed by atoms with Gasteiger partial charge in [-0.25, -0.2) is 0 Å². The van der Waals surface area contributed by atoms with Gasteiger partial charge in [0, 0.05) is 0 Å². The smallest absolute Gasteiger partial charge is 0.416 e. The molecule has 0 atom stereocenters. The summed E-state index contributed by atoms with van der Waals surface area (Å²) in [5, 5.41) is 9.30. The maximum atomic E-state index is 12.3. The van der Waals surface area contributed by atoms with Gasteiger partial charge in [0.15, 0.2) is 0 Å². The van der Waals surface area contributed by atoms with E-state index in [-0.39, 0.29) is 11.7 Å². The van der Waals surface area contributed by atoms with Crippen LogP contribution in [0.3, 0.4) is 0 Å². The second-order valence-electron chi connectivity index (χ2n) is 3.43. The first-order valence-electron chi connectivity index (χ1n) is 4.22. The molecule has 0 amide bonds. The van der Waals surface area contributed by atoms with E-state index in [1.54, 1.807) is 13.8 Å². The van der Waals surface area contributed by atoms with E-state index in [0.717, 1.165) is 18.2 Å². The Kier molecular flexibility index (Phi) is 2.73. The van der Waals surface area contributed by atoms with Crippen LogP contribution in [0, 0.1) is 0 Å². The van der Waals surface area contributed by atoms with Crippen molar-refractivity contribution < 1.29 is 18.3 Å². The molecule has 78 valence electrons. The minimum atomic E-state index is -4.35. The number of phenols is 1. The van der Waals surface area contributed by atoms with E-state index in [2.05, 4.69) is 0 Å². The quantitative estimate of drug-likeness (QED) is 0.741. The summed E-state index contributed by atoms with van der Waals surface area (Å²) in [7, 11) is 0. The molecule has 1 aromatic rings. The van der Waals surface area contributed by atoms with Gasteiger partial charge in [-0.05, 0) is 29.7 Å². The minimum absolute atomic E-state index is 0.0898. The lowest BCUT2D eigenvalue weighted by atomic mass is 9.99. The molecule has 0 aromatic heterocycles. The summed E-state index contributed by atoms with van der Waals surface area (Å²) in [6.07, 6.45) is -4.35. The summed E-state index contributed by atoms with van der Waals surface area (Å²) in [6, 6.07) is 2.94. The molecular formula is C10H11F3O. The SMILES string of the molecule is CC(C)c1cc(C(F)(F)F)ccc1O. The molecule has 1 rings (SSSR count). The standard InChI is InChI=1S/C10H11F3O/c1-6(2)8-5-7(10(11,12)13)3-4-9(8)14/h3-6,14H,1-2H3. The molecule has 0 heterocycles. The summed E-state index contributed by atoms with van der Waals surface area (Å²) in [4.78, 5) is 0. The monoisotopic (exact) mass is 204 g/mol. The topological polar surface area (TPSA) is 20.2 Å². The van der Waals surface area contributed by atoms with Crippen LogP contribution in [0.4, 0.5) is 13.2 Å². The maximum absolute atomic E-state index is 12.3. The van der Waals surface area contributed by atoms with Gasteiger partial charge in [0.25, 0.3) is 0 Å². The van der Waals surface area contributed by atoms with E-state index < -0.39 is 11.7 Å². The average molecular weight is 204 g/mol. The number of aromatic hydroxyl groups is 1. The Labute approximate surface area is 80.2 Å². The molecule has 0 aliphatic carbocycles. The Morgan fingerprint density at radius 3 is 2.21 bits per heavy atom. The number of rotatable bonds is 1. The zero-order valence-electron chi connectivity index (χ0n) is 7.89. The highest BCUT2D eigenvalue weighted by molar-refractivity contribution is 5.39. The average Bonchev–Trinajstić information content (AvgIpc) is 2.02. The van der Waals surface area contributed by atoms with Crippen LogP contribution in [0.1, 0.15) is 30.9 Å². The van der Waals surface area contributed by atoms with E-state index in [1.165, 1.54) is 0 Å². The Balaban J connectivity index is 3.20. The van der Waals surface area contributed by atoms with Gasteiger partial charge in [0.05, 0.1) is 5.56 Å². The van der Waals surface area contributed by atoms with Gasteiger partial charge in [-0.3, -0.25) is 0 Å². The highest BCUT2D eigenvalue weighted by atomic mass is 19.4. The lowest BCUT2D eigenvalue weighted by Crippen LogP contribution is -2.05. The normalized spacial score (nSPS) is 12.1. The third kappa shape index (κ3) is 2.19. The first-order valence-corrected chi connectivity index (χ1v) is 4.22. The van der Waals surface area contributed by atoms with E-state index in [4.69, 9.17) is 0 Å². The first kappa shape index (κ1) is 10.9. The summed E-state index contributed by atoms with van der Waals surface area (Å²) in [6.45, 7) is 3.46. The summed E-state index contributed by atoms with van der Waals surface area (Å²) in [5.41, 5.74) is -0.404. The summed E-state index contributed by atoms with van der Waals surface area (Å²) < 4.78 is 36.8. The molecule has 1 aromatic carbocycles. The van der Waals surface area contributed by atoms with Crippen molar-refractivity contribution in [1.29, 1.82) is 0 Å². The lowest BCUT2D eigenvalue weighted by molar-refractivity contribution is -0.137. The molecule has 1 nitrogen and oxygen atoms in total. The van der Waals surface area contributed by atoms with Gasteiger partial charge in [0.1, 0.15) is 5.75 Å². The van der Waals surface area contributed by atoms with E-state index in [0.29, 0.717) is 5.56 Å². The van der Waals surface area contributed by atoms with Crippen LogP contribution in [0.15, 0.2) is 18.2 Å². The molecule has 0 radical (unpaired) electrons. The number of alkyl halides is 3. The van der Waals surface area contributed by atoms with Crippen LogP contribution in [0.2, 0.25) is 0 Å². The van der Waals surface area contributed by atoms with E-state index in [1.807, 2.05) is 0 Å². The lowest BCUT2D eigenvalue weighted by Gasteiger charge is -2.12. The Morgan fingerprint density at radius 1 is 1.21 bits per heavy atom. The molecule has 14 heavy (non-hydrogen) atoms. The van der Waals surface area contributed by atoms with Crippen molar-refractivity contribution in [1.82, 2.24) is 0 Å². The molecule has 0 aliphatic rings. The van der Waals surface area contributed by atoms with Crippen LogP contribution in [-0.2, 0) is 6.18 Å². The van der Waals surface area contributed by atoms with E-state index in [9.17, 15) is 18.3 Å². The van der Waals surface area contributed by atoms with Crippen LogP contribution in [-0.4, -0.2) is 5.11 Å². The number of halogens is 3. The van der Waals surface area contributed by atoms with Crippen molar-refractivity contribution in [3.05, 3.63) is 29.3 Å². The summed E-state index contributed by atoms with van der Waals surface area (Å²) in [5.74, 6) is -0.217. The first-order chi connectivity index (χ1) is 6.32. The second-order valence-corrected chi connectivity index (χ2v) is 3.43. The predicted octanol–water partition coefficient (Wildman–Crippen LogP) is 3.53. The summed E-state index contributed by atoms with van der Waals surface area (Å²) >= 11 is 0. The van der Waals surface area contributed by atoms with Crippen LogP contribution >= 0.6 is 0 Å². The molecule has 0 spiro atoms. The zero-order chi connectivity index (χ0) is 10.9. The van der Waals surface area contributed by atoms with Crippen LogP contribution in [0.5, 0.6) is 5.75 Å². The van der Waals surface area contributed by atoms with Crippen molar-refractivity contribution in [3.8, 4) is 5.75 Å². The van der Waals surface area contributed by atoms with Crippen molar-refractivity contribution >= 4 is 0 Å². The molecule has 1 N–H and O–H groups in total. The van der Waals surface area contributed by atoms with Crippen molar-refractivity contribution in [3.63, 3.8) is 0 Å². The minimum Gasteiger partial charge on any atom is -0.508 e. The Bertz CT molecular complexity index is 329. The second kappa shape index (κ2) is 3.52. The molecular weight excluding hydrogens is 193 g/mol. The largest absolute Gasteiger partial charge is 0.508 e. The van der Waals surface area contributed by atoms with Gasteiger partial charge in [-0.2, -0.15) is 13.2 Å². The third-order valence-corrected chi connectivity index (χ3v) is 1.98. The van der Waals surface area contributed by atoms with Gasteiger partial charge >= 0.3 is 6.18 Å². The fourth-order valence-electron chi connectivity index (χ4n) is 1.19. The molecule has 0 saturated heterocycles. The molecule has 4 heteroatoms. The zero-order valence-corrected chi connectivity index (χ0v) is 7.89. The fourth-order valence-corrected chi connectivity index (χ4v) is 1.19. The number of phenolic OH excluding ortho intramolecular Hbond substituents is 1. The predicted molar refractivity (Wildman–Crippen MR) is 47.2 cm³/mol. The third-order valence-electron chi connectivity index (χ3n) is 1.98. The van der Waals surface area contributed by atoms with Gasteiger partial charge in [-0.1, -0.05) is 13.8 Å². The highest BCUT2D eigenvalue weighted by Crippen LogP contribution is 2.34. The van der Waals surface area contributed by atoms with Gasteiger partial charge in [0.2, 0.25) is 0 Å². The van der Waals surface area contributed by atoms with Gasteiger partial charge in [-0.15, -0.1) is 0 Å². The molecule has 0 aliphatic heterocycles. The van der Waals surface area contributed by atoms with Crippen LogP contribution in [0.25, 0.3) is 0 Å². The van der Waals surface area contributed by atoms with Gasteiger partial charge < -0.3 is 5.11 Å². The van der Waals surface area contributed by atoms with Crippen molar-refractivity contribution in [2.24, 2.45) is 0 Å². The fraction of sp³-hybridized carbons (Fsp3) is 0.400. The highest BCUT2D eigenvalue weighted by Gasteiger charge is 2.31. The van der Waals surface area contributed by atoms with E-state index >= 15 is 0 Å². The Morgan fingerprint density at radius 2 is 1.79 bits per heavy atom. The molecule has 0 bridgehead atoms. The van der Waals surface area contributed by atoms with Crippen molar-refractivity contribution in [2.75, 3.05) is 0 Å². The Hall–Kier alpha value is -1.19. The molecule has 0 unspecified atom stereocenters. The van der Waals surface area contributed by atoms with Crippen molar-refractivity contribution in [2.45, 2.75) is 25.9 Å². The molecule has 0 saturated carbocycles. The number of hydrogen-bond acceptors (Lipinski definition) is 1. The van der Waals surface area contributed by atoms with Crippen LogP contribution < -0.4 is 0 Å². The number of hydrogen-bond donors (Lipinski definition) is 1. The maximum Gasteiger partial charge on any atom is 0.416 e.